The lowest BCUT2D eigenvalue weighted by atomic mass is 10.1. The molecule has 4 aromatic rings. The van der Waals surface area contributed by atoms with E-state index in [1.165, 1.54) is 12.1 Å². The third-order valence-electron chi connectivity index (χ3n) is 6.04. The van der Waals surface area contributed by atoms with E-state index in [4.69, 9.17) is 4.74 Å². The number of nitrogens with one attached hydrogen (secondary N) is 2. The molecule has 0 aromatic heterocycles. The zero-order valence-electron chi connectivity index (χ0n) is 21.3. The summed E-state index contributed by atoms with van der Waals surface area (Å²) in [6, 6.07) is 33.6. The van der Waals surface area contributed by atoms with Crippen molar-refractivity contribution >= 4 is 21.9 Å². The van der Waals surface area contributed by atoms with Gasteiger partial charge in [-0.1, -0.05) is 97.1 Å². The largest absolute Gasteiger partial charge is 0.462 e. The van der Waals surface area contributed by atoms with Crippen LogP contribution < -0.4 is 10.0 Å². The van der Waals surface area contributed by atoms with Gasteiger partial charge in [0.05, 0.1) is 10.9 Å². The van der Waals surface area contributed by atoms with Crippen molar-refractivity contribution in [1.29, 1.82) is 0 Å². The van der Waals surface area contributed by atoms with E-state index in [1.54, 1.807) is 42.5 Å². The van der Waals surface area contributed by atoms with Crippen molar-refractivity contribution in [3.05, 3.63) is 138 Å². The van der Waals surface area contributed by atoms with Crippen LogP contribution in [0.4, 0.5) is 0 Å². The summed E-state index contributed by atoms with van der Waals surface area (Å²) < 4.78 is 34.2. The summed E-state index contributed by atoms with van der Waals surface area (Å²) in [7, 11) is -3.99. The van der Waals surface area contributed by atoms with Crippen molar-refractivity contribution in [2.75, 3.05) is 6.61 Å². The minimum atomic E-state index is -3.99. The second-order valence-corrected chi connectivity index (χ2v) is 10.7. The number of amides is 1. The lowest BCUT2D eigenvalue weighted by Crippen LogP contribution is -2.46. The van der Waals surface area contributed by atoms with Crippen LogP contribution >= 0.6 is 0 Å². The monoisotopic (exact) mass is 542 g/mol. The van der Waals surface area contributed by atoms with E-state index in [0.29, 0.717) is 12.0 Å². The first-order chi connectivity index (χ1) is 18.9. The summed E-state index contributed by atoms with van der Waals surface area (Å²) >= 11 is 0. The van der Waals surface area contributed by atoms with E-state index >= 15 is 0 Å². The molecule has 0 aliphatic heterocycles. The standard InChI is InChI=1S/C31H30N2O5S/c34-30(26-17-9-3-10-18-26)32-27(21-24-13-5-1-6-14-24)23-38-31(35)29(22-25-15-7-2-8-16-25)33-39(36,37)28-19-11-4-12-20-28/h1-20,27,29,33H,21-23H2,(H,32,34)/t27-,29-/m0/s1. The van der Waals surface area contributed by atoms with Gasteiger partial charge >= 0.3 is 5.97 Å². The van der Waals surface area contributed by atoms with Crippen molar-refractivity contribution < 1.29 is 22.7 Å². The van der Waals surface area contributed by atoms with Crippen molar-refractivity contribution in [2.24, 2.45) is 0 Å². The van der Waals surface area contributed by atoms with Crippen LogP contribution in [0.2, 0.25) is 0 Å². The van der Waals surface area contributed by atoms with Gasteiger partial charge in [0, 0.05) is 5.56 Å². The van der Waals surface area contributed by atoms with E-state index in [-0.39, 0.29) is 23.8 Å². The van der Waals surface area contributed by atoms with Crippen LogP contribution in [0.15, 0.2) is 126 Å². The van der Waals surface area contributed by atoms with Crippen molar-refractivity contribution in [2.45, 2.75) is 29.8 Å². The Kier molecular flexibility index (Phi) is 9.61. The SMILES string of the molecule is O=C(N[C@H](COC(=O)[C@H](Cc1ccccc1)NS(=O)(=O)c1ccccc1)Cc1ccccc1)c1ccccc1. The smallest absolute Gasteiger partial charge is 0.324 e. The number of sulfonamides is 1. The molecule has 0 aliphatic carbocycles. The maximum Gasteiger partial charge on any atom is 0.324 e. The van der Waals surface area contributed by atoms with Gasteiger partial charge < -0.3 is 10.1 Å². The van der Waals surface area contributed by atoms with E-state index in [9.17, 15) is 18.0 Å². The molecule has 39 heavy (non-hydrogen) atoms. The molecule has 0 saturated carbocycles. The van der Waals surface area contributed by atoms with E-state index in [0.717, 1.165) is 11.1 Å². The molecule has 4 rings (SSSR count). The first-order valence-corrected chi connectivity index (χ1v) is 14.1. The average Bonchev–Trinajstić information content (AvgIpc) is 2.97. The number of carbonyl (C=O) groups excluding carboxylic acids is 2. The molecule has 0 radical (unpaired) electrons. The van der Waals surface area contributed by atoms with Crippen LogP contribution in [-0.2, 0) is 32.4 Å². The molecule has 7 nitrogen and oxygen atoms in total. The fourth-order valence-electron chi connectivity index (χ4n) is 4.07. The number of hydrogen-bond donors (Lipinski definition) is 2. The Bertz CT molecular complexity index is 1450. The topological polar surface area (TPSA) is 102 Å². The van der Waals surface area contributed by atoms with Crippen LogP contribution in [-0.4, -0.2) is 39.0 Å². The minimum Gasteiger partial charge on any atom is -0.462 e. The van der Waals surface area contributed by atoms with Crippen LogP contribution in [0.1, 0.15) is 21.5 Å². The van der Waals surface area contributed by atoms with Crippen LogP contribution in [0.25, 0.3) is 0 Å². The zero-order valence-corrected chi connectivity index (χ0v) is 22.1. The quantitative estimate of drug-likeness (QED) is 0.262. The fraction of sp³-hybridized carbons (Fsp3) is 0.161. The van der Waals surface area contributed by atoms with Crippen molar-refractivity contribution in [3.63, 3.8) is 0 Å². The summed E-state index contributed by atoms with van der Waals surface area (Å²) in [5.74, 6) is -1.02. The molecule has 200 valence electrons. The Hall–Kier alpha value is -4.27. The van der Waals surface area contributed by atoms with Gasteiger partial charge in [-0.2, -0.15) is 4.72 Å². The summed E-state index contributed by atoms with van der Waals surface area (Å²) in [5, 5.41) is 2.95. The molecule has 0 fully saturated rings. The average molecular weight is 543 g/mol. The highest BCUT2D eigenvalue weighted by Gasteiger charge is 2.28. The highest BCUT2D eigenvalue weighted by Crippen LogP contribution is 2.13. The minimum absolute atomic E-state index is 0.0490. The highest BCUT2D eigenvalue weighted by atomic mass is 32.2. The Balaban J connectivity index is 1.51. The maximum atomic E-state index is 13.3. The van der Waals surface area contributed by atoms with Gasteiger partial charge in [0.15, 0.2) is 0 Å². The predicted molar refractivity (Wildman–Crippen MR) is 149 cm³/mol. The summed E-state index contributed by atoms with van der Waals surface area (Å²) in [4.78, 5) is 26.2. The molecule has 8 heteroatoms. The first-order valence-electron chi connectivity index (χ1n) is 12.6. The number of benzene rings is 4. The zero-order chi connectivity index (χ0) is 27.5. The van der Waals surface area contributed by atoms with Gasteiger partial charge in [-0.05, 0) is 48.2 Å². The molecule has 0 spiro atoms. The Morgan fingerprint density at radius 2 is 1.15 bits per heavy atom. The molecular formula is C31H30N2O5S. The van der Waals surface area contributed by atoms with Crippen LogP contribution in [0, 0.1) is 0 Å². The normalized spacial score (nSPS) is 12.7. The molecule has 1 amide bonds. The lowest BCUT2D eigenvalue weighted by molar-refractivity contribution is -0.146. The van der Waals surface area contributed by atoms with Gasteiger partial charge in [0.1, 0.15) is 12.6 Å². The molecular weight excluding hydrogens is 512 g/mol. The summed E-state index contributed by atoms with van der Waals surface area (Å²) in [6.45, 7) is -0.134. The summed E-state index contributed by atoms with van der Waals surface area (Å²) in [5.41, 5.74) is 2.21. The number of esters is 1. The Labute approximate surface area is 228 Å². The number of hydrogen-bond acceptors (Lipinski definition) is 5. The second-order valence-electron chi connectivity index (χ2n) is 9.03. The molecule has 0 heterocycles. The lowest BCUT2D eigenvalue weighted by Gasteiger charge is -2.22. The molecule has 0 bridgehead atoms. The van der Waals surface area contributed by atoms with Gasteiger partial charge in [0.25, 0.3) is 5.91 Å². The molecule has 4 aromatic carbocycles. The third kappa shape index (κ3) is 8.36. The van der Waals surface area contributed by atoms with Crippen LogP contribution in [0.5, 0.6) is 0 Å². The highest BCUT2D eigenvalue weighted by molar-refractivity contribution is 7.89. The number of rotatable bonds is 12. The van der Waals surface area contributed by atoms with Gasteiger partial charge in [-0.25, -0.2) is 8.42 Å². The van der Waals surface area contributed by atoms with E-state index in [1.807, 2.05) is 66.7 Å². The molecule has 2 atom stereocenters. The van der Waals surface area contributed by atoms with E-state index in [2.05, 4.69) is 10.0 Å². The Morgan fingerprint density at radius 3 is 1.72 bits per heavy atom. The number of ether oxygens (including phenoxy) is 1. The summed E-state index contributed by atoms with van der Waals surface area (Å²) in [6.07, 6.45) is 0.525. The van der Waals surface area contributed by atoms with Crippen LogP contribution in [0.3, 0.4) is 0 Å². The first kappa shape index (κ1) is 27.8. The Morgan fingerprint density at radius 1 is 0.667 bits per heavy atom. The fourth-order valence-corrected chi connectivity index (χ4v) is 5.28. The third-order valence-corrected chi connectivity index (χ3v) is 7.53. The van der Waals surface area contributed by atoms with Gasteiger partial charge in [0.2, 0.25) is 10.0 Å². The maximum absolute atomic E-state index is 13.3. The van der Waals surface area contributed by atoms with Crippen molar-refractivity contribution in [1.82, 2.24) is 10.0 Å². The molecule has 2 N–H and O–H groups in total. The number of carbonyl (C=O) groups is 2. The molecule has 0 unspecified atom stereocenters. The van der Waals surface area contributed by atoms with Gasteiger partial charge in [-0.3, -0.25) is 9.59 Å². The molecule has 0 aliphatic rings. The second kappa shape index (κ2) is 13.5. The van der Waals surface area contributed by atoms with Crippen molar-refractivity contribution in [3.8, 4) is 0 Å². The predicted octanol–water partition coefficient (Wildman–Crippen LogP) is 4.16. The molecule has 0 saturated heterocycles. The van der Waals surface area contributed by atoms with E-state index < -0.39 is 28.1 Å². The van der Waals surface area contributed by atoms with Gasteiger partial charge in [-0.15, -0.1) is 0 Å².